The number of amides is 1. The van der Waals surface area contributed by atoms with E-state index in [1.54, 1.807) is 20.8 Å². The number of hydrogen-bond donors (Lipinski definition) is 1. The number of rotatable bonds is 3. The first-order valence-corrected chi connectivity index (χ1v) is 11.7. The lowest BCUT2D eigenvalue weighted by atomic mass is 10.1. The maximum Gasteiger partial charge on any atom is 0.416 e. The highest BCUT2D eigenvalue weighted by molar-refractivity contribution is 6.74. The number of nitrogens with zero attached hydrogens (tertiary/aromatic N) is 1. The Hall–Kier alpha value is -0.803. The molecule has 0 bridgehead atoms. The van der Waals surface area contributed by atoms with Crippen molar-refractivity contribution in [1.82, 2.24) is 4.90 Å². The van der Waals surface area contributed by atoms with Gasteiger partial charge in [0.05, 0.1) is 12.1 Å². The van der Waals surface area contributed by atoms with Crippen LogP contribution in [0.25, 0.3) is 0 Å². The highest BCUT2D eigenvalue weighted by Crippen LogP contribution is 2.41. The van der Waals surface area contributed by atoms with Gasteiger partial charge in [0.1, 0.15) is 5.60 Å². The fourth-order valence-corrected chi connectivity index (χ4v) is 3.94. The molecule has 3 atom stereocenters. The summed E-state index contributed by atoms with van der Waals surface area (Å²) in [7, 11) is -2.39. The van der Waals surface area contributed by atoms with Gasteiger partial charge in [0.25, 0.3) is 0 Å². The van der Waals surface area contributed by atoms with Crippen molar-refractivity contribution in [2.24, 2.45) is 0 Å². The van der Waals surface area contributed by atoms with Gasteiger partial charge in [-0.05, 0) is 45.3 Å². The minimum atomic E-state index is -4.86. The molecule has 1 saturated heterocycles. The number of hydrogen-bond acceptors (Lipinski definition) is 4. The molecule has 26 heavy (non-hydrogen) atoms. The van der Waals surface area contributed by atoms with Crippen LogP contribution >= 0.6 is 0 Å². The summed E-state index contributed by atoms with van der Waals surface area (Å²) >= 11 is 0. The van der Waals surface area contributed by atoms with Crippen LogP contribution in [0.3, 0.4) is 0 Å². The fourth-order valence-electron chi connectivity index (χ4n) is 2.57. The Labute approximate surface area is 155 Å². The van der Waals surface area contributed by atoms with Crippen LogP contribution in [0.15, 0.2) is 0 Å². The maximum absolute atomic E-state index is 13.2. The minimum Gasteiger partial charge on any atom is -0.444 e. The monoisotopic (exact) mass is 399 g/mol. The first kappa shape index (κ1) is 23.2. The highest BCUT2D eigenvalue weighted by Gasteiger charge is 2.55. The van der Waals surface area contributed by atoms with Gasteiger partial charge in [-0.3, -0.25) is 4.90 Å². The number of carbonyl (C=O) groups excluding carboxylic acids is 1. The van der Waals surface area contributed by atoms with E-state index in [0.717, 1.165) is 4.90 Å². The SMILES string of the molecule is CC(C)(C)OC(=O)N1CC[C@H](O[Si](C)(C)C(C)(C)C)[C@H]1[C@@H](O)C(F)(F)F. The molecule has 0 spiro atoms. The van der Waals surface area contributed by atoms with Crippen molar-refractivity contribution >= 4 is 14.4 Å². The van der Waals surface area contributed by atoms with Gasteiger partial charge in [-0.15, -0.1) is 0 Å². The maximum atomic E-state index is 13.2. The second kappa shape index (κ2) is 7.31. The van der Waals surface area contributed by atoms with E-state index in [-0.39, 0.29) is 18.0 Å². The van der Waals surface area contributed by atoms with Gasteiger partial charge in [0.15, 0.2) is 14.4 Å². The molecule has 0 aromatic heterocycles. The Balaban J connectivity index is 3.14. The molecule has 1 heterocycles. The summed E-state index contributed by atoms with van der Waals surface area (Å²) < 4.78 is 51.1. The molecule has 1 fully saturated rings. The molecule has 9 heteroatoms. The van der Waals surface area contributed by atoms with Crippen molar-refractivity contribution < 1.29 is 32.2 Å². The van der Waals surface area contributed by atoms with Crippen LogP contribution in [0.2, 0.25) is 18.1 Å². The second-order valence-corrected chi connectivity index (χ2v) is 14.1. The first-order valence-electron chi connectivity index (χ1n) is 8.79. The topological polar surface area (TPSA) is 59.0 Å². The van der Waals surface area contributed by atoms with Crippen molar-refractivity contribution in [3.05, 3.63) is 0 Å². The molecule has 0 radical (unpaired) electrons. The molecular formula is C17H32F3NO4Si. The molecule has 0 aliphatic carbocycles. The van der Waals surface area contributed by atoms with Gasteiger partial charge in [-0.1, -0.05) is 20.8 Å². The summed E-state index contributed by atoms with van der Waals surface area (Å²) in [6, 6.07) is -1.51. The Bertz CT molecular complexity index is 512. The molecule has 1 N–H and O–H groups in total. The lowest BCUT2D eigenvalue weighted by Gasteiger charge is -2.41. The zero-order chi connectivity index (χ0) is 20.7. The van der Waals surface area contributed by atoms with Crippen molar-refractivity contribution in [3.63, 3.8) is 0 Å². The summed E-state index contributed by atoms with van der Waals surface area (Å²) in [5, 5.41) is 9.73. The van der Waals surface area contributed by atoms with Crippen LogP contribution < -0.4 is 0 Å². The molecule has 154 valence electrons. The fraction of sp³-hybridized carbons (Fsp3) is 0.941. The second-order valence-electron chi connectivity index (χ2n) is 9.36. The number of carbonyl (C=O) groups is 1. The molecule has 1 aliphatic rings. The molecule has 0 aromatic carbocycles. The van der Waals surface area contributed by atoms with E-state index in [4.69, 9.17) is 9.16 Å². The van der Waals surface area contributed by atoms with Crippen LogP contribution in [-0.2, 0) is 9.16 Å². The van der Waals surface area contributed by atoms with Crippen LogP contribution in [0, 0.1) is 0 Å². The van der Waals surface area contributed by atoms with Crippen LogP contribution in [0.5, 0.6) is 0 Å². The minimum absolute atomic E-state index is 0.0476. The van der Waals surface area contributed by atoms with Crippen LogP contribution in [-0.4, -0.2) is 61.0 Å². The van der Waals surface area contributed by atoms with Crippen LogP contribution in [0.4, 0.5) is 18.0 Å². The number of aliphatic hydroxyl groups is 1. The predicted molar refractivity (Wildman–Crippen MR) is 95.5 cm³/mol. The van der Waals surface area contributed by atoms with E-state index in [1.165, 1.54) is 0 Å². The molecule has 1 aliphatic heterocycles. The third-order valence-electron chi connectivity index (χ3n) is 4.93. The molecule has 0 saturated carbocycles. The number of alkyl halides is 3. The van der Waals surface area contributed by atoms with Gasteiger partial charge in [0, 0.05) is 6.54 Å². The summed E-state index contributed by atoms with van der Waals surface area (Å²) in [5.41, 5.74) is -0.844. The van der Waals surface area contributed by atoms with E-state index in [0.29, 0.717) is 0 Å². The van der Waals surface area contributed by atoms with Crippen LogP contribution in [0.1, 0.15) is 48.0 Å². The number of aliphatic hydroxyl groups excluding tert-OH is 1. The zero-order valence-corrected chi connectivity index (χ0v) is 17.9. The van der Waals surface area contributed by atoms with Crippen molar-refractivity contribution in [1.29, 1.82) is 0 Å². The van der Waals surface area contributed by atoms with Gasteiger partial charge in [-0.2, -0.15) is 13.2 Å². The third-order valence-corrected chi connectivity index (χ3v) is 9.44. The molecule has 5 nitrogen and oxygen atoms in total. The summed E-state index contributed by atoms with van der Waals surface area (Å²) in [5.74, 6) is 0. The number of halogens is 3. The highest BCUT2D eigenvalue weighted by atomic mass is 28.4. The van der Waals surface area contributed by atoms with Crippen molar-refractivity contribution in [3.8, 4) is 0 Å². The van der Waals surface area contributed by atoms with Crippen molar-refractivity contribution in [2.75, 3.05) is 6.54 Å². The van der Waals surface area contributed by atoms with E-state index in [1.807, 2.05) is 33.9 Å². The largest absolute Gasteiger partial charge is 0.444 e. The molecule has 1 rings (SSSR count). The Morgan fingerprint density at radius 1 is 1.15 bits per heavy atom. The molecule has 0 unspecified atom stereocenters. The van der Waals surface area contributed by atoms with Gasteiger partial charge < -0.3 is 14.3 Å². The smallest absolute Gasteiger partial charge is 0.416 e. The van der Waals surface area contributed by atoms with Gasteiger partial charge >= 0.3 is 12.3 Å². The summed E-state index contributed by atoms with van der Waals surface area (Å²) in [6.45, 7) is 14.8. The Morgan fingerprint density at radius 3 is 2.04 bits per heavy atom. The third kappa shape index (κ3) is 5.59. The molecular weight excluding hydrogens is 367 g/mol. The summed E-state index contributed by atoms with van der Waals surface area (Å²) in [4.78, 5) is 13.4. The van der Waals surface area contributed by atoms with E-state index in [2.05, 4.69) is 0 Å². The number of ether oxygens (including phenoxy) is 1. The lowest BCUT2D eigenvalue weighted by Crippen LogP contribution is -2.56. The van der Waals surface area contributed by atoms with Crippen molar-refractivity contribution in [2.45, 2.75) is 96.1 Å². The quantitative estimate of drug-likeness (QED) is 0.719. The van der Waals surface area contributed by atoms with Gasteiger partial charge in [-0.25, -0.2) is 4.79 Å². The predicted octanol–water partition coefficient (Wildman–Crippen LogP) is 4.31. The van der Waals surface area contributed by atoms with Gasteiger partial charge in [0.2, 0.25) is 0 Å². The Kier molecular flexibility index (Phi) is 6.54. The van der Waals surface area contributed by atoms with E-state index < -0.39 is 44.4 Å². The van der Waals surface area contributed by atoms with E-state index >= 15 is 0 Å². The summed E-state index contributed by atoms with van der Waals surface area (Å²) in [6.07, 6.45) is -9.08. The normalized spacial score (nSPS) is 23.9. The zero-order valence-electron chi connectivity index (χ0n) is 16.9. The van der Waals surface area contributed by atoms with E-state index in [9.17, 15) is 23.1 Å². The molecule has 0 aromatic rings. The first-order chi connectivity index (χ1) is 11.4. The standard InChI is InChI=1S/C17H32F3NO4Si/c1-15(2,3)24-14(23)21-10-9-11(12(21)13(22)17(18,19)20)25-26(7,8)16(4,5)6/h11-13,22H,9-10H2,1-8H3/t11-,12-,13+/m0/s1. The lowest BCUT2D eigenvalue weighted by molar-refractivity contribution is -0.223. The number of likely N-dealkylation sites (tertiary alicyclic amines) is 1. The average Bonchev–Trinajstić information content (AvgIpc) is 2.76. The Morgan fingerprint density at radius 2 is 1.65 bits per heavy atom. The average molecular weight is 400 g/mol. The molecule has 1 amide bonds.